The maximum atomic E-state index is 6.39. The summed E-state index contributed by atoms with van der Waals surface area (Å²) in [5.74, 6) is 0.816. The van der Waals surface area contributed by atoms with Crippen LogP contribution in [0, 0.1) is 5.92 Å². The molecule has 0 radical (unpaired) electrons. The molecule has 2 atom stereocenters. The number of nitrogens with two attached hydrogens (primary N) is 1. The van der Waals surface area contributed by atoms with E-state index in [0.717, 1.165) is 18.5 Å². The van der Waals surface area contributed by atoms with Crippen molar-refractivity contribution >= 4 is 0 Å². The molecule has 3 fully saturated rings. The van der Waals surface area contributed by atoms with E-state index in [1.165, 1.54) is 64.7 Å². The second-order valence-electron chi connectivity index (χ2n) is 6.30. The predicted molar refractivity (Wildman–Crippen MR) is 71.0 cm³/mol. The topological polar surface area (TPSA) is 32.5 Å². The van der Waals surface area contributed by atoms with E-state index in [-0.39, 0.29) is 0 Å². The van der Waals surface area contributed by atoms with Crippen LogP contribution in [0.3, 0.4) is 0 Å². The standard InChI is InChI=1S/C14H27N3/c15-14(12-4-1-2-5-12)11-16-8-9-17-7-3-6-13(17)10-16/h12-14H,1-11,15H2. The SMILES string of the molecule is NC(CN1CCN2CCCC2C1)C1CCCC1. The van der Waals surface area contributed by atoms with Crippen LogP contribution in [0.4, 0.5) is 0 Å². The Hall–Kier alpha value is -0.120. The molecule has 98 valence electrons. The molecule has 1 aliphatic carbocycles. The van der Waals surface area contributed by atoms with E-state index >= 15 is 0 Å². The molecule has 3 nitrogen and oxygen atoms in total. The molecule has 0 amide bonds. The highest BCUT2D eigenvalue weighted by molar-refractivity contribution is 4.89. The van der Waals surface area contributed by atoms with Gasteiger partial charge in [-0.1, -0.05) is 12.8 Å². The van der Waals surface area contributed by atoms with E-state index in [1.807, 2.05) is 0 Å². The van der Waals surface area contributed by atoms with Crippen LogP contribution in [-0.2, 0) is 0 Å². The fraction of sp³-hybridized carbons (Fsp3) is 1.00. The summed E-state index contributed by atoms with van der Waals surface area (Å²) in [6.45, 7) is 6.29. The third kappa shape index (κ3) is 2.67. The molecule has 2 heterocycles. The lowest BCUT2D eigenvalue weighted by Crippen LogP contribution is -2.53. The highest BCUT2D eigenvalue weighted by atomic mass is 15.3. The zero-order chi connectivity index (χ0) is 11.7. The molecule has 2 saturated heterocycles. The molecule has 2 N–H and O–H groups in total. The van der Waals surface area contributed by atoms with Gasteiger partial charge in [0.25, 0.3) is 0 Å². The first-order valence-electron chi connectivity index (χ1n) is 7.55. The Morgan fingerprint density at radius 1 is 1.00 bits per heavy atom. The summed E-state index contributed by atoms with van der Waals surface area (Å²) in [5, 5.41) is 0. The molecule has 0 aromatic heterocycles. The first-order chi connectivity index (χ1) is 8.33. The molecular formula is C14H27N3. The Morgan fingerprint density at radius 3 is 2.65 bits per heavy atom. The maximum absolute atomic E-state index is 6.39. The molecule has 0 bridgehead atoms. The lowest BCUT2D eigenvalue weighted by molar-refractivity contribution is 0.0943. The highest BCUT2D eigenvalue weighted by Crippen LogP contribution is 2.28. The van der Waals surface area contributed by atoms with E-state index in [2.05, 4.69) is 9.80 Å². The highest BCUT2D eigenvalue weighted by Gasteiger charge is 2.32. The Bertz CT molecular complexity index is 250. The molecule has 3 aliphatic rings. The fourth-order valence-corrected chi connectivity index (χ4v) is 4.05. The molecular weight excluding hydrogens is 210 g/mol. The van der Waals surface area contributed by atoms with Crippen LogP contribution in [0.1, 0.15) is 38.5 Å². The third-order valence-electron chi connectivity index (χ3n) is 5.15. The molecule has 3 heteroatoms. The van der Waals surface area contributed by atoms with Gasteiger partial charge in [0.1, 0.15) is 0 Å². The quantitative estimate of drug-likeness (QED) is 0.803. The number of hydrogen-bond donors (Lipinski definition) is 1. The summed E-state index contributed by atoms with van der Waals surface area (Å²) in [4.78, 5) is 5.31. The third-order valence-corrected chi connectivity index (χ3v) is 5.15. The summed E-state index contributed by atoms with van der Waals surface area (Å²) in [5.41, 5.74) is 6.39. The molecule has 0 aromatic rings. The van der Waals surface area contributed by atoms with Gasteiger partial charge < -0.3 is 5.73 Å². The lowest BCUT2D eigenvalue weighted by atomic mass is 9.98. The van der Waals surface area contributed by atoms with Gasteiger partial charge in [0, 0.05) is 38.3 Å². The van der Waals surface area contributed by atoms with Gasteiger partial charge in [-0.15, -0.1) is 0 Å². The minimum atomic E-state index is 0.436. The van der Waals surface area contributed by atoms with Crippen LogP contribution >= 0.6 is 0 Å². The van der Waals surface area contributed by atoms with Crippen molar-refractivity contribution in [2.45, 2.75) is 50.6 Å². The molecule has 2 unspecified atom stereocenters. The summed E-state index contributed by atoms with van der Waals surface area (Å²) in [7, 11) is 0. The Balaban J connectivity index is 1.48. The van der Waals surface area contributed by atoms with Crippen molar-refractivity contribution in [3.05, 3.63) is 0 Å². The first-order valence-corrected chi connectivity index (χ1v) is 7.55. The summed E-state index contributed by atoms with van der Waals surface area (Å²) in [6, 6.07) is 1.28. The smallest absolute Gasteiger partial charge is 0.0224 e. The molecule has 0 aromatic carbocycles. The van der Waals surface area contributed by atoms with E-state index < -0.39 is 0 Å². The molecule has 2 aliphatic heterocycles. The summed E-state index contributed by atoms with van der Waals surface area (Å²) in [6.07, 6.45) is 8.40. The van der Waals surface area contributed by atoms with Gasteiger partial charge in [-0.3, -0.25) is 9.80 Å². The van der Waals surface area contributed by atoms with Crippen molar-refractivity contribution in [1.29, 1.82) is 0 Å². The van der Waals surface area contributed by atoms with E-state index in [4.69, 9.17) is 5.73 Å². The Morgan fingerprint density at radius 2 is 1.82 bits per heavy atom. The van der Waals surface area contributed by atoms with Crippen molar-refractivity contribution in [3.63, 3.8) is 0 Å². The van der Waals surface area contributed by atoms with Gasteiger partial charge >= 0.3 is 0 Å². The maximum Gasteiger partial charge on any atom is 0.0224 e. The van der Waals surface area contributed by atoms with Gasteiger partial charge in [-0.2, -0.15) is 0 Å². The zero-order valence-corrected chi connectivity index (χ0v) is 11.0. The van der Waals surface area contributed by atoms with E-state index in [9.17, 15) is 0 Å². The number of hydrogen-bond acceptors (Lipinski definition) is 3. The first kappa shape index (κ1) is 11.9. The second-order valence-corrected chi connectivity index (χ2v) is 6.30. The number of fused-ring (bicyclic) bond motifs is 1. The minimum Gasteiger partial charge on any atom is -0.326 e. The van der Waals surface area contributed by atoms with E-state index in [1.54, 1.807) is 0 Å². The van der Waals surface area contributed by atoms with Crippen LogP contribution in [0.25, 0.3) is 0 Å². The Labute approximate surface area is 105 Å². The van der Waals surface area contributed by atoms with Crippen LogP contribution in [0.15, 0.2) is 0 Å². The number of piperazine rings is 1. The molecule has 3 rings (SSSR count). The predicted octanol–water partition coefficient (Wildman–Crippen LogP) is 1.28. The molecule has 0 spiro atoms. The van der Waals surface area contributed by atoms with Gasteiger partial charge in [0.05, 0.1) is 0 Å². The van der Waals surface area contributed by atoms with Crippen molar-refractivity contribution in [1.82, 2.24) is 9.80 Å². The van der Waals surface area contributed by atoms with Gasteiger partial charge in [0.2, 0.25) is 0 Å². The summed E-state index contributed by atoms with van der Waals surface area (Å²) >= 11 is 0. The summed E-state index contributed by atoms with van der Waals surface area (Å²) < 4.78 is 0. The lowest BCUT2D eigenvalue weighted by Gasteiger charge is -2.39. The average molecular weight is 237 g/mol. The molecule has 17 heavy (non-hydrogen) atoms. The van der Waals surface area contributed by atoms with Crippen LogP contribution in [0.2, 0.25) is 0 Å². The fourth-order valence-electron chi connectivity index (χ4n) is 4.05. The van der Waals surface area contributed by atoms with Gasteiger partial charge in [-0.05, 0) is 38.1 Å². The zero-order valence-electron chi connectivity index (χ0n) is 11.0. The van der Waals surface area contributed by atoms with Gasteiger partial charge in [0.15, 0.2) is 0 Å². The largest absolute Gasteiger partial charge is 0.326 e. The molecule has 1 saturated carbocycles. The normalized spacial score (nSPS) is 34.1. The van der Waals surface area contributed by atoms with Crippen molar-refractivity contribution in [2.24, 2.45) is 11.7 Å². The number of nitrogens with zero attached hydrogens (tertiary/aromatic N) is 2. The van der Waals surface area contributed by atoms with Crippen LogP contribution in [-0.4, -0.2) is 54.6 Å². The monoisotopic (exact) mass is 237 g/mol. The van der Waals surface area contributed by atoms with Crippen molar-refractivity contribution < 1.29 is 0 Å². The van der Waals surface area contributed by atoms with Gasteiger partial charge in [-0.25, -0.2) is 0 Å². The minimum absolute atomic E-state index is 0.436. The Kier molecular flexibility index (Phi) is 3.69. The van der Waals surface area contributed by atoms with E-state index in [0.29, 0.717) is 6.04 Å². The average Bonchev–Trinajstić information content (AvgIpc) is 2.99. The van der Waals surface area contributed by atoms with Crippen molar-refractivity contribution in [3.8, 4) is 0 Å². The van der Waals surface area contributed by atoms with Crippen molar-refractivity contribution in [2.75, 3.05) is 32.7 Å². The second kappa shape index (κ2) is 5.25. The van der Waals surface area contributed by atoms with Crippen LogP contribution in [0.5, 0.6) is 0 Å². The van der Waals surface area contributed by atoms with Crippen LogP contribution < -0.4 is 5.73 Å². The number of rotatable bonds is 3.